The fraction of sp³-hybridized carbons (Fsp3) is 0.333. The maximum absolute atomic E-state index is 12.7. The monoisotopic (exact) mass is 495 g/mol. The molecule has 1 saturated heterocycles. The Balaban J connectivity index is 1.45. The quantitative estimate of drug-likeness (QED) is 0.351. The van der Waals surface area contributed by atoms with Crippen molar-refractivity contribution in [2.45, 2.75) is 23.0 Å². The van der Waals surface area contributed by atoms with E-state index in [1.807, 2.05) is 17.5 Å². The van der Waals surface area contributed by atoms with E-state index in [1.165, 1.54) is 39.6 Å². The summed E-state index contributed by atoms with van der Waals surface area (Å²) in [6.45, 7) is 0. The zero-order chi connectivity index (χ0) is 23.0. The topological polar surface area (TPSA) is 155 Å². The van der Waals surface area contributed by atoms with Gasteiger partial charge in [-0.1, -0.05) is 17.8 Å². The number of thioether (sulfide) groups is 2. The Kier molecular flexibility index (Phi) is 6.26. The van der Waals surface area contributed by atoms with Gasteiger partial charge in [0.2, 0.25) is 11.7 Å². The number of thiophene rings is 1. The van der Waals surface area contributed by atoms with Gasteiger partial charge in [0, 0.05) is 23.4 Å². The fourth-order valence-electron chi connectivity index (χ4n) is 3.37. The van der Waals surface area contributed by atoms with E-state index in [-0.39, 0.29) is 29.6 Å². The third-order valence-electron chi connectivity index (χ3n) is 4.88. The zero-order valence-electron chi connectivity index (χ0n) is 16.5. The summed E-state index contributed by atoms with van der Waals surface area (Å²) >= 11 is 3.96. The third-order valence-corrected chi connectivity index (χ3v) is 8.21. The molecule has 0 aliphatic carbocycles. The maximum atomic E-state index is 12.7. The Hall–Kier alpha value is -2.84. The molecule has 1 unspecified atom stereocenters. The van der Waals surface area contributed by atoms with Crippen LogP contribution in [0, 0.1) is 0 Å². The lowest BCUT2D eigenvalue weighted by Gasteiger charge is -2.49. The van der Waals surface area contributed by atoms with Crippen molar-refractivity contribution in [3.8, 4) is 0 Å². The molecule has 0 saturated carbocycles. The number of nitrogens with one attached hydrogen (secondary N) is 1. The molecule has 0 spiro atoms. The number of aromatic carboxylic acids is 1. The van der Waals surface area contributed by atoms with Crippen molar-refractivity contribution in [1.29, 1.82) is 0 Å². The van der Waals surface area contributed by atoms with Gasteiger partial charge in [-0.25, -0.2) is 9.59 Å². The number of β-lactam (4-membered cyclic amide) rings is 1. The Morgan fingerprint density at radius 1 is 1.28 bits per heavy atom. The summed E-state index contributed by atoms with van der Waals surface area (Å²) in [5.41, 5.74) is 0.413. The number of nitrogens with zero attached hydrogens (tertiary/aromatic N) is 4. The average molecular weight is 496 g/mol. The molecule has 2 atom stereocenters. The molecule has 0 radical (unpaired) electrons. The average Bonchev–Trinajstić information content (AvgIpc) is 3.39. The minimum atomic E-state index is -1.23. The first-order valence-corrected chi connectivity index (χ1v) is 12.2. The van der Waals surface area contributed by atoms with Gasteiger partial charge in [0.1, 0.15) is 17.1 Å². The maximum Gasteiger partial charge on any atom is 0.374 e. The van der Waals surface area contributed by atoms with Gasteiger partial charge in [0.05, 0.1) is 6.42 Å². The zero-order valence-corrected chi connectivity index (χ0v) is 19.0. The lowest BCUT2D eigenvalue weighted by Crippen LogP contribution is -2.70. The smallest absolute Gasteiger partial charge is 0.374 e. The first kappa shape index (κ1) is 22.4. The Morgan fingerprint density at radius 2 is 2.06 bits per heavy atom. The molecule has 2 aliphatic heterocycles. The van der Waals surface area contributed by atoms with Gasteiger partial charge in [-0.05, 0) is 17.0 Å². The molecule has 2 aromatic rings. The standard InChI is InChI=1S/C18H17N5O6S3/c1-22-13(17(28)29)20-21-18(22)32-7-8-6-31-15-11(14(25)23(15)12(8)16(26)27)19-10(24)5-9-3-2-4-30-9/h2-4,11,15H,5-7H2,1H3,(H,19,24)(H,26,27)(H,28,29)/t11?,15-/m0/s1. The molecule has 2 amide bonds. The van der Waals surface area contributed by atoms with Gasteiger partial charge >= 0.3 is 11.9 Å². The third kappa shape index (κ3) is 4.12. The Bertz CT molecular complexity index is 1130. The van der Waals surface area contributed by atoms with Crippen LogP contribution in [0.3, 0.4) is 0 Å². The number of aliphatic carboxylic acids is 1. The molecule has 0 bridgehead atoms. The second kappa shape index (κ2) is 8.96. The summed E-state index contributed by atoms with van der Waals surface area (Å²) in [6, 6.07) is 2.90. The molecule has 2 aliphatic rings. The van der Waals surface area contributed by atoms with E-state index in [1.54, 1.807) is 0 Å². The van der Waals surface area contributed by atoms with Crippen molar-refractivity contribution in [1.82, 2.24) is 25.0 Å². The van der Waals surface area contributed by atoms with E-state index >= 15 is 0 Å². The van der Waals surface area contributed by atoms with Gasteiger partial charge in [0.25, 0.3) is 5.91 Å². The minimum Gasteiger partial charge on any atom is -0.477 e. The summed E-state index contributed by atoms with van der Waals surface area (Å²) in [6.07, 6.45) is 0.165. The summed E-state index contributed by atoms with van der Waals surface area (Å²) in [5, 5.41) is 30.7. The van der Waals surface area contributed by atoms with Crippen LogP contribution in [0.1, 0.15) is 15.5 Å². The van der Waals surface area contributed by atoms with E-state index < -0.39 is 29.3 Å². The lowest BCUT2D eigenvalue weighted by molar-refractivity contribution is -0.150. The second-order valence-electron chi connectivity index (χ2n) is 6.93. The largest absolute Gasteiger partial charge is 0.477 e. The predicted octanol–water partition coefficient (Wildman–Crippen LogP) is 0.648. The summed E-state index contributed by atoms with van der Waals surface area (Å²) in [7, 11) is 1.51. The van der Waals surface area contributed by atoms with E-state index in [0.29, 0.717) is 16.5 Å². The number of hydrogen-bond acceptors (Lipinski definition) is 9. The highest BCUT2D eigenvalue weighted by Gasteiger charge is 2.54. The molecular formula is C18H17N5O6S3. The van der Waals surface area contributed by atoms with Crippen LogP contribution < -0.4 is 5.32 Å². The summed E-state index contributed by atoms with van der Waals surface area (Å²) < 4.78 is 1.31. The molecule has 4 heterocycles. The van der Waals surface area contributed by atoms with Crippen LogP contribution in [0.4, 0.5) is 0 Å². The molecule has 32 heavy (non-hydrogen) atoms. The molecular weight excluding hydrogens is 478 g/mol. The minimum absolute atomic E-state index is 0.101. The Labute approximate surface area is 193 Å². The molecule has 4 rings (SSSR count). The molecule has 1 fully saturated rings. The number of rotatable bonds is 8. The molecule has 3 N–H and O–H groups in total. The molecule has 168 valence electrons. The highest BCUT2D eigenvalue weighted by Crippen LogP contribution is 2.41. The van der Waals surface area contributed by atoms with Crippen molar-refractivity contribution in [3.05, 3.63) is 39.5 Å². The van der Waals surface area contributed by atoms with Crippen molar-refractivity contribution in [2.24, 2.45) is 7.05 Å². The van der Waals surface area contributed by atoms with Crippen LogP contribution in [0.2, 0.25) is 0 Å². The van der Waals surface area contributed by atoms with E-state index in [9.17, 15) is 24.3 Å². The summed E-state index contributed by atoms with van der Waals surface area (Å²) in [4.78, 5) is 50.1. The number of amides is 2. The van der Waals surface area contributed by atoms with Crippen molar-refractivity contribution < 1.29 is 29.4 Å². The van der Waals surface area contributed by atoms with E-state index in [4.69, 9.17) is 5.11 Å². The number of hydrogen-bond donors (Lipinski definition) is 3. The number of carbonyl (C=O) groups excluding carboxylic acids is 2. The van der Waals surface area contributed by atoms with Crippen LogP contribution in [-0.2, 0) is 27.9 Å². The van der Waals surface area contributed by atoms with Crippen LogP contribution in [0.25, 0.3) is 0 Å². The van der Waals surface area contributed by atoms with Gasteiger partial charge in [-0.3, -0.25) is 19.1 Å². The molecule has 14 heteroatoms. The normalized spacial score (nSPS) is 20.0. The van der Waals surface area contributed by atoms with Crippen LogP contribution in [0.5, 0.6) is 0 Å². The number of carbonyl (C=O) groups is 4. The van der Waals surface area contributed by atoms with Crippen LogP contribution >= 0.6 is 34.9 Å². The number of carboxylic acids is 2. The number of carboxylic acid groups (broad SMARTS) is 2. The van der Waals surface area contributed by atoms with Gasteiger partial charge in [-0.15, -0.1) is 33.3 Å². The van der Waals surface area contributed by atoms with Crippen LogP contribution in [0.15, 0.2) is 33.9 Å². The van der Waals surface area contributed by atoms with E-state index in [2.05, 4.69) is 15.5 Å². The van der Waals surface area contributed by atoms with Crippen molar-refractivity contribution in [2.75, 3.05) is 11.5 Å². The first-order valence-electron chi connectivity index (χ1n) is 9.25. The van der Waals surface area contributed by atoms with Gasteiger partial charge < -0.3 is 15.5 Å². The first-order chi connectivity index (χ1) is 15.3. The second-order valence-corrected chi connectivity index (χ2v) is 10.0. The van der Waals surface area contributed by atoms with Crippen molar-refractivity contribution >= 4 is 58.6 Å². The number of fused-ring (bicyclic) bond motifs is 1. The molecule has 11 nitrogen and oxygen atoms in total. The van der Waals surface area contributed by atoms with Gasteiger partial charge in [0.15, 0.2) is 5.16 Å². The highest BCUT2D eigenvalue weighted by molar-refractivity contribution is 8.01. The lowest BCUT2D eigenvalue weighted by atomic mass is 10.0. The predicted molar refractivity (Wildman–Crippen MR) is 116 cm³/mol. The van der Waals surface area contributed by atoms with Crippen molar-refractivity contribution in [3.63, 3.8) is 0 Å². The Morgan fingerprint density at radius 3 is 2.69 bits per heavy atom. The fourth-order valence-corrected chi connectivity index (χ4v) is 6.47. The highest BCUT2D eigenvalue weighted by atomic mass is 32.2. The number of aromatic nitrogens is 3. The molecule has 0 aromatic carbocycles. The van der Waals surface area contributed by atoms with Crippen LogP contribution in [-0.4, -0.2) is 76.6 Å². The van der Waals surface area contributed by atoms with E-state index in [0.717, 1.165) is 16.6 Å². The molecule has 2 aromatic heterocycles. The summed E-state index contributed by atoms with van der Waals surface area (Å²) in [5.74, 6) is -2.87. The van der Waals surface area contributed by atoms with Gasteiger partial charge in [-0.2, -0.15) is 0 Å². The SMILES string of the molecule is Cn1c(SCC2=C(C(=O)O)N3C(=O)C(NC(=O)Cc4cccs4)[C@@H]3SC2)nnc1C(=O)O.